The van der Waals surface area contributed by atoms with Crippen LogP contribution in [0.2, 0.25) is 0 Å². The van der Waals surface area contributed by atoms with E-state index >= 15 is 0 Å². The van der Waals surface area contributed by atoms with Crippen LogP contribution in [0.3, 0.4) is 0 Å². The highest BCUT2D eigenvalue weighted by atomic mass is 16.5. The zero-order valence-corrected chi connectivity index (χ0v) is 13.6. The lowest BCUT2D eigenvalue weighted by Crippen LogP contribution is -2.14. The Morgan fingerprint density at radius 2 is 1.84 bits per heavy atom. The summed E-state index contributed by atoms with van der Waals surface area (Å²) >= 11 is 0. The number of nitrogens with zero attached hydrogens (tertiary/aromatic N) is 2. The van der Waals surface area contributed by atoms with E-state index in [4.69, 9.17) is 19.1 Å². The van der Waals surface area contributed by atoms with E-state index in [0.717, 1.165) is 30.2 Å². The first-order chi connectivity index (χ1) is 12.3. The van der Waals surface area contributed by atoms with E-state index in [1.54, 1.807) is 0 Å². The number of rotatable bonds is 2. The van der Waals surface area contributed by atoms with Gasteiger partial charge in [0.1, 0.15) is 30.0 Å². The fourth-order valence-corrected chi connectivity index (χ4v) is 4.26. The number of oxazole rings is 1. The molecule has 122 valence electrons. The lowest BCUT2D eigenvalue weighted by Gasteiger charge is -2.07. The average molecular weight is 328 g/mol. The summed E-state index contributed by atoms with van der Waals surface area (Å²) in [6.07, 6.45) is 2.42. The van der Waals surface area contributed by atoms with Crippen molar-refractivity contribution in [2.75, 3.05) is 0 Å². The van der Waals surface area contributed by atoms with Crippen LogP contribution in [0.25, 0.3) is 11.3 Å². The van der Waals surface area contributed by atoms with E-state index in [9.17, 15) is 0 Å². The van der Waals surface area contributed by atoms with Crippen LogP contribution in [0.5, 0.6) is 0 Å². The Bertz CT molecular complexity index is 1030. The van der Waals surface area contributed by atoms with Crippen LogP contribution in [0.15, 0.2) is 57.9 Å². The van der Waals surface area contributed by atoms with Crippen molar-refractivity contribution in [1.82, 2.24) is 4.98 Å². The quantitative estimate of drug-likeness (QED) is 0.561. The Kier molecular flexibility index (Phi) is 2.59. The van der Waals surface area contributed by atoms with Crippen molar-refractivity contribution < 1.29 is 9.15 Å². The van der Waals surface area contributed by atoms with Gasteiger partial charge in [0.15, 0.2) is 5.90 Å². The highest BCUT2D eigenvalue weighted by Crippen LogP contribution is 2.41. The first-order valence-electron chi connectivity index (χ1n) is 8.73. The molecule has 0 fully saturated rings. The van der Waals surface area contributed by atoms with Gasteiger partial charge < -0.3 is 9.15 Å². The summed E-state index contributed by atoms with van der Waals surface area (Å²) in [5.41, 5.74) is 6.11. The van der Waals surface area contributed by atoms with Gasteiger partial charge in [0, 0.05) is 18.4 Å². The second-order valence-electron chi connectivity index (χ2n) is 6.92. The monoisotopic (exact) mass is 328 g/mol. The van der Waals surface area contributed by atoms with Gasteiger partial charge in [0.25, 0.3) is 0 Å². The number of hydrogen-bond acceptors (Lipinski definition) is 4. The summed E-state index contributed by atoms with van der Waals surface area (Å²) in [6.45, 7) is 0. The first-order valence-corrected chi connectivity index (χ1v) is 8.73. The van der Waals surface area contributed by atoms with Crippen LogP contribution in [0, 0.1) is 0 Å². The van der Waals surface area contributed by atoms with E-state index in [-0.39, 0.29) is 12.1 Å². The van der Waals surface area contributed by atoms with Gasteiger partial charge in [-0.3, -0.25) is 0 Å². The first kappa shape index (κ1) is 13.4. The molecule has 0 unspecified atom stereocenters. The number of fused-ring (bicyclic) bond motifs is 6. The largest absolute Gasteiger partial charge is 0.474 e. The van der Waals surface area contributed by atoms with E-state index < -0.39 is 0 Å². The zero-order chi connectivity index (χ0) is 16.4. The second kappa shape index (κ2) is 4.82. The van der Waals surface area contributed by atoms with Gasteiger partial charge in [-0.05, 0) is 16.7 Å². The van der Waals surface area contributed by atoms with E-state index in [1.165, 1.54) is 22.3 Å². The van der Waals surface area contributed by atoms with Gasteiger partial charge in [0.05, 0.1) is 0 Å². The van der Waals surface area contributed by atoms with Crippen LogP contribution in [-0.4, -0.2) is 17.0 Å². The molecule has 1 aliphatic heterocycles. The second-order valence-corrected chi connectivity index (χ2v) is 6.92. The van der Waals surface area contributed by atoms with Crippen LogP contribution in [0.4, 0.5) is 0 Å². The average Bonchev–Trinajstić information content (AvgIpc) is 3.33. The van der Waals surface area contributed by atoms with Crippen molar-refractivity contribution >= 4 is 5.90 Å². The maximum absolute atomic E-state index is 6.09. The standard InChI is InChI=1S/C21H16N2O2/c1-3-7-14-12(5-1)9-16-20(14)22-18(24-16)11-19-23-21-15-8-4-2-6-13(15)10-17(21)25-19/h1-8,16,20H,9-11H2/t16-,20+/m0/s1. The van der Waals surface area contributed by atoms with Gasteiger partial charge in [-0.2, -0.15) is 0 Å². The van der Waals surface area contributed by atoms with Crippen molar-refractivity contribution in [3.05, 3.63) is 76.9 Å². The molecule has 25 heavy (non-hydrogen) atoms. The molecule has 3 aromatic rings. The predicted octanol–water partition coefficient (Wildman–Crippen LogP) is 3.88. The van der Waals surface area contributed by atoms with Gasteiger partial charge in [-0.1, -0.05) is 48.5 Å². The van der Waals surface area contributed by atoms with Gasteiger partial charge in [-0.25, -0.2) is 9.98 Å². The minimum Gasteiger partial charge on any atom is -0.474 e. The Labute approximate surface area is 145 Å². The van der Waals surface area contributed by atoms with Gasteiger partial charge >= 0.3 is 0 Å². The smallest absolute Gasteiger partial charge is 0.204 e. The van der Waals surface area contributed by atoms with E-state index in [1.807, 2.05) is 6.07 Å². The molecule has 4 nitrogen and oxygen atoms in total. The van der Waals surface area contributed by atoms with Crippen molar-refractivity contribution in [3.63, 3.8) is 0 Å². The van der Waals surface area contributed by atoms with Crippen molar-refractivity contribution in [3.8, 4) is 11.3 Å². The molecule has 0 saturated carbocycles. The maximum atomic E-state index is 6.09. The van der Waals surface area contributed by atoms with E-state index in [0.29, 0.717) is 12.3 Å². The molecule has 0 amide bonds. The molecule has 1 aromatic heterocycles. The summed E-state index contributed by atoms with van der Waals surface area (Å²) < 4.78 is 12.1. The Balaban J connectivity index is 1.28. The van der Waals surface area contributed by atoms with Gasteiger partial charge in [-0.15, -0.1) is 0 Å². The molecule has 0 N–H and O–H groups in total. The molecule has 0 radical (unpaired) electrons. The molecule has 2 aliphatic carbocycles. The number of aromatic nitrogens is 1. The molecular weight excluding hydrogens is 312 g/mol. The molecule has 4 heteroatoms. The lowest BCUT2D eigenvalue weighted by molar-refractivity contribution is 0.201. The molecule has 0 bridgehead atoms. The number of hydrogen-bond donors (Lipinski definition) is 0. The number of benzene rings is 2. The summed E-state index contributed by atoms with van der Waals surface area (Å²) in [6, 6.07) is 17.0. The Morgan fingerprint density at radius 3 is 2.80 bits per heavy atom. The van der Waals surface area contributed by atoms with Crippen LogP contribution < -0.4 is 0 Å². The minimum absolute atomic E-state index is 0.133. The van der Waals surface area contributed by atoms with E-state index in [2.05, 4.69) is 42.5 Å². The third-order valence-electron chi connectivity index (χ3n) is 5.39. The lowest BCUT2D eigenvalue weighted by atomic mass is 10.1. The topological polar surface area (TPSA) is 47.6 Å². The summed E-state index contributed by atoms with van der Waals surface area (Å²) in [7, 11) is 0. The van der Waals surface area contributed by atoms with Crippen LogP contribution in [-0.2, 0) is 24.0 Å². The Hall–Kier alpha value is -2.88. The third-order valence-corrected chi connectivity index (χ3v) is 5.39. The number of aliphatic imine (C=N–C) groups is 1. The fourth-order valence-electron chi connectivity index (χ4n) is 4.26. The Morgan fingerprint density at radius 1 is 1.00 bits per heavy atom. The molecule has 3 aliphatic rings. The van der Waals surface area contributed by atoms with Gasteiger partial charge in [0.2, 0.25) is 5.89 Å². The normalized spacial score (nSPS) is 22.0. The number of ether oxygens (including phenoxy) is 1. The fraction of sp³-hybridized carbons (Fsp3) is 0.238. The van der Waals surface area contributed by atoms with Crippen molar-refractivity contribution in [1.29, 1.82) is 0 Å². The SMILES string of the molecule is c1ccc2c(c1)Cc1oc(CC3=N[C@@H]4c5ccccc5C[C@@H]4O3)nc1-2. The summed E-state index contributed by atoms with van der Waals surface area (Å²) in [5.74, 6) is 2.41. The highest BCUT2D eigenvalue weighted by molar-refractivity contribution is 5.81. The molecule has 0 saturated heterocycles. The summed E-state index contributed by atoms with van der Waals surface area (Å²) in [4.78, 5) is 9.51. The molecule has 6 rings (SSSR count). The predicted molar refractivity (Wildman–Crippen MR) is 93.6 cm³/mol. The van der Waals surface area contributed by atoms with Crippen molar-refractivity contribution in [2.45, 2.75) is 31.4 Å². The molecule has 2 heterocycles. The van der Waals surface area contributed by atoms with Crippen LogP contribution in [0.1, 0.15) is 34.4 Å². The third kappa shape index (κ3) is 1.94. The minimum atomic E-state index is 0.133. The maximum Gasteiger partial charge on any atom is 0.204 e. The molecule has 2 aromatic carbocycles. The summed E-state index contributed by atoms with van der Waals surface area (Å²) in [5, 5.41) is 0. The van der Waals surface area contributed by atoms with Crippen LogP contribution >= 0.6 is 0 Å². The zero-order valence-electron chi connectivity index (χ0n) is 13.6. The van der Waals surface area contributed by atoms with Crippen molar-refractivity contribution in [2.24, 2.45) is 4.99 Å². The molecular formula is C21H16N2O2. The molecule has 2 atom stereocenters. The molecule has 0 spiro atoms. The highest BCUT2D eigenvalue weighted by Gasteiger charge is 2.39.